The highest BCUT2D eigenvalue weighted by Crippen LogP contribution is 1.98. The molecule has 0 aromatic heterocycles. The van der Waals surface area contributed by atoms with Crippen LogP contribution in [0.5, 0.6) is 0 Å². The van der Waals surface area contributed by atoms with Gasteiger partial charge in [-0.15, -0.1) is 0 Å². The van der Waals surface area contributed by atoms with Crippen molar-refractivity contribution in [2.75, 3.05) is 6.61 Å². The van der Waals surface area contributed by atoms with E-state index < -0.39 is 11.7 Å². The molecule has 0 radical (unpaired) electrons. The molecule has 0 bridgehead atoms. The van der Waals surface area contributed by atoms with E-state index in [9.17, 15) is 4.79 Å². The molecule has 0 aliphatic heterocycles. The van der Waals surface area contributed by atoms with E-state index >= 15 is 0 Å². The molecular weight excluding hydrogens is 156 g/mol. The Balaban J connectivity index is 3.26. The molecule has 0 unspecified atom stereocenters. The fourth-order valence-electron chi connectivity index (χ4n) is 0.352. The average molecular weight is 167 g/mol. The topological polar surface area (TPSA) is 35.5 Å². The standard InChI is InChI=1S/C6H11ClO3/c1-3-4-9-6(8)10-5(2)7/h5H,3-4H2,1-2H3/t5-/m1/s1. The third-order valence-corrected chi connectivity index (χ3v) is 0.772. The maximum Gasteiger partial charge on any atom is 0.509 e. The quantitative estimate of drug-likeness (QED) is 0.476. The van der Waals surface area contributed by atoms with E-state index in [1.54, 1.807) is 6.92 Å². The normalized spacial score (nSPS) is 12.3. The largest absolute Gasteiger partial charge is 0.509 e. The Morgan fingerprint density at radius 1 is 1.70 bits per heavy atom. The van der Waals surface area contributed by atoms with Crippen LogP contribution in [-0.4, -0.2) is 18.3 Å². The second-order valence-electron chi connectivity index (χ2n) is 1.76. The van der Waals surface area contributed by atoms with Gasteiger partial charge >= 0.3 is 6.16 Å². The predicted molar refractivity (Wildman–Crippen MR) is 38.0 cm³/mol. The first-order valence-corrected chi connectivity index (χ1v) is 3.58. The highest BCUT2D eigenvalue weighted by Gasteiger charge is 2.05. The zero-order chi connectivity index (χ0) is 7.98. The van der Waals surface area contributed by atoms with Crippen LogP contribution in [0.1, 0.15) is 20.3 Å². The van der Waals surface area contributed by atoms with Crippen molar-refractivity contribution >= 4 is 17.8 Å². The summed E-state index contributed by atoms with van der Waals surface area (Å²) < 4.78 is 9.01. The van der Waals surface area contributed by atoms with E-state index in [1.807, 2.05) is 6.92 Å². The molecule has 0 spiro atoms. The Kier molecular flexibility index (Phi) is 5.12. The molecule has 0 aliphatic rings. The Labute approximate surface area is 65.3 Å². The van der Waals surface area contributed by atoms with Crippen LogP contribution in [0.25, 0.3) is 0 Å². The summed E-state index contributed by atoms with van der Waals surface area (Å²) in [5.41, 5.74) is -0.621. The van der Waals surface area contributed by atoms with Crippen molar-refractivity contribution in [1.82, 2.24) is 0 Å². The number of halogens is 1. The van der Waals surface area contributed by atoms with Gasteiger partial charge in [-0.3, -0.25) is 0 Å². The van der Waals surface area contributed by atoms with Crippen LogP contribution in [0.4, 0.5) is 4.79 Å². The van der Waals surface area contributed by atoms with Crippen LogP contribution in [0.2, 0.25) is 0 Å². The van der Waals surface area contributed by atoms with Crippen LogP contribution in [0.3, 0.4) is 0 Å². The molecule has 0 aliphatic carbocycles. The smallest absolute Gasteiger partial charge is 0.434 e. The fraction of sp³-hybridized carbons (Fsp3) is 0.833. The third-order valence-electron chi connectivity index (χ3n) is 0.683. The number of hydrogen-bond donors (Lipinski definition) is 0. The summed E-state index contributed by atoms with van der Waals surface area (Å²) in [6, 6.07) is 0. The number of ether oxygens (including phenoxy) is 2. The maximum absolute atomic E-state index is 10.5. The van der Waals surface area contributed by atoms with Crippen molar-refractivity contribution in [3.05, 3.63) is 0 Å². The molecule has 4 heteroatoms. The lowest BCUT2D eigenvalue weighted by Gasteiger charge is -2.05. The summed E-state index contributed by atoms with van der Waals surface area (Å²) >= 11 is 5.33. The molecular formula is C6H11ClO3. The summed E-state index contributed by atoms with van der Waals surface area (Å²) in [6.07, 6.45) is 0.0792. The fourth-order valence-corrected chi connectivity index (χ4v) is 0.425. The number of carbonyl (C=O) groups is 1. The maximum atomic E-state index is 10.5. The van der Waals surface area contributed by atoms with Crippen LogP contribution >= 0.6 is 11.6 Å². The summed E-state index contributed by atoms with van der Waals surface area (Å²) in [7, 11) is 0. The summed E-state index contributed by atoms with van der Waals surface area (Å²) in [5, 5.41) is 0. The molecule has 1 atom stereocenters. The van der Waals surface area contributed by atoms with Crippen molar-refractivity contribution < 1.29 is 14.3 Å². The Morgan fingerprint density at radius 3 is 2.70 bits per heavy atom. The minimum atomic E-state index is -0.704. The average Bonchev–Trinajstić information content (AvgIpc) is 1.82. The van der Waals surface area contributed by atoms with Gasteiger partial charge in [0.05, 0.1) is 6.61 Å². The van der Waals surface area contributed by atoms with E-state index in [2.05, 4.69) is 9.47 Å². The van der Waals surface area contributed by atoms with E-state index in [4.69, 9.17) is 11.6 Å². The van der Waals surface area contributed by atoms with Gasteiger partial charge in [0.1, 0.15) is 0 Å². The van der Waals surface area contributed by atoms with Crippen LogP contribution in [-0.2, 0) is 9.47 Å². The Bertz CT molecular complexity index is 103. The summed E-state index contributed by atoms with van der Waals surface area (Å²) in [6.45, 7) is 3.83. The van der Waals surface area contributed by atoms with Gasteiger partial charge in [-0.05, 0) is 13.3 Å². The molecule has 0 rings (SSSR count). The number of hydrogen-bond acceptors (Lipinski definition) is 3. The highest BCUT2D eigenvalue weighted by molar-refractivity contribution is 6.19. The van der Waals surface area contributed by atoms with Crippen molar-refractivity contribution in [3.63, 3.8) is 0 Å². The first kappa shape index (κ1) is 9.56. The van der Waals surface area contributed by atoms with Gasteiger partial charge in [0.2, 0.25) is 0 Å². The van der Waals surface area contributed by atoms with Crippen molar-refractivity contribution in [1.29, 1.82) is 0 Å². The number of alkyl halides is 1. The lowest BCUT2D eigenvalue weighted by Crippen LogP contribution is -2.11. The van der Waals surface area contributed by atoms with Gasteiger partial charge in [-0.25, -0.2) is 4.79 Å². The minimum absolute atomic E-state index is 0.377. The molecule has 0 aromatic carbocycles. The molecule has 3 nitrogen and oxygen atoms in total. The van der Waals surface area contributed by atoms with Gasteiger partial charge in [-0.1, -0.05) is 18.5 Å². The van der Waals surface area contributed by atoms with Gasteiger partial charge in [0.15, 0.2) is 5.56 Å². The molecule has 60 valence electrons. The molecule has 0 saturated heterocycles. The molecule has 0 heterocycles. The van der Waals surface area contributed by atoms with Crippen LogP contribution < -0.4 is 0 Å². The Morgan fingerprint density at radius 2 is 2.30 bits per heavy atom. The Hall–Kier alpha value is -0.440. The first-order chi connectivity index (χ1) is 4.66. The second kappa shape index (κ2) is 5.35. The number of carbonyl (C=O) groups excluding carboxylic acids is 1. The lowest BCUT2D eigenvalue weighted by atomic mass is 10.5. The van der Waals surface area contributed by atoms with Gasteiger partial charge in [-0.2, -0.15) is 0 Å². The van der Waals surface area contributed by atoms with Crippen LogP contribution in [0, 0.1) is 0 Å². The number of rotatable bonds is 3. The van der Waals surface area contributed by atoms with Crippen molar-refractivity contribution in [2.24, 2.45) is 0 Å². The van der Waals surface area contributed by atoms with E-state index in [0.29, 0.717) is 6.61 Å². The highest BCUT2D eigenvalue weighted by atomic mass is 35.5. The van der Waals surface area contributed by atoms with Crippen molar-refractivity contribution in [3.8, 4) is 0 Å². The molecule has 0 aromatic rings. The van der Waals surface area contributed by atoms with E-state index in [1.165, 1.54) is 0 Å². The predicted octanol–water partition coefficient (Wildman–Crippen LogP) is 2.13. The molecule has 0 fully saturated rings. The molecule has 0 saturated carbocycles. The van der Waals surface area contributed by atoms with Gasteiger partial charge in [0.25, 0.3) is 0 Å². The van der Waals surface area contributed by atoms with Crippen molar-refractivity contribution in [2.45, 2.75) is 25.8 Å². The zero-order valence-electron chi connectivity index (χ0n) is 6.09. The third kappa shape index (κ3) is 5.69. The van der Waals surface area contributed by atoms with Crippen LogP contribution in [0.15, 0.2) is 0 Å². The van der Waals surface area contributed by atoms with E-state index in [0.717, 1.165) is 6.42 Å². The van der Waals surface area contributed by atoms with Gasteiger partial charge in [0, 0.05) is 0 Å². The first-order valence-electron chi connectivity index (χ1n) is 3.14. The molecule has 0 N–H and O–H groups in total. The zero-order valence-corrected chi connectivity index (χ0v) is 6.85. The summed E-state index contributed by atoms with van der Waals surface area (Å²) in [5.74, 6) is 0. The summed E-state index contributed by atoms with van der Waals surface area (Å²) in [4.78, 5) is 10.5. The van der Waals surface area contributed by atoms with Gasteiger partial charge < -0.3 is 9.47 Å². The monoisotopic (exact) mass is 166 g/mol. The lowest BCUT2D eigenvalue weighted by molar-refractivity contribution is 0.0498. The molecule has 10 heavy (non-hydrogen) atoms. The SMILES string of the molecule is CCCOC(=O)O[C@H](C)Cl. The minimum Gasteiger partial charge on any atom is -0.434 e. The second-order valence-corrected chi connectivity index (χ2v) is 2.37. The van der Waals surface area contributed by atoms with E-state index in [-0.39, 0.29) is 0 Å². The molecule has 0 amide bonds.